The standard InChI is InChI=1S/C14H25NO3/c1-11(14(17)18)6-5-9-15-13(16)10-12-7-3-2-4-8-12/h11-12H,2-10H2,1H3,(H,15,16)(H,17,18). The van der Waals surface area contributed by atoms with Gasteiger partial charge < -0.3 is 10.4 Å². The number of aliphatic carboxylic acids is 1. The molecular formula is C14H25NO3. The maximum atomic E-state index is 11.7. The SMILES string of the molecule is CC(CCCNC(=O)CC1CCCCC1)C(=O)O. The van der Waals surface area contributed by atoms with Crippen LogP contribution in [0.25, 0.3) is 0 Å². The van der Waals surface area contributed by atoms with Gasteiger partial charge in [-0.2, -0.15) is 0 Å². The highest BCUT2D eigenvalue weighted by Gasteiger charge is 2.16. The van der Waals surface area contributed by atoms with Crippen molar-refractivity contribution in [2.24, 2.45) is 11.8 Å². The summed E-state index contributed by atoms with van der Waals surface area (Å²) in [5, 5.41) is 11.6. The van der Waals surface area contributed by atoms with Crippen molar-refractivity contribution in [2.75, 3.05) is 6.54 Å². The summed E-state index contributed by atoms with van der Waals surface area (Å²) in [5.74, 6) is -0.384. The molecule has 0 aromatic heterocycles. The van der Waals surface area contributed by atoms with Crippen molar-refractivity contribution < 1.29 is 14.7 Å². The number of carboxylic acid groups (broad SMARTS) is 1. The molecule has 104 valence electrons. The van der Waals surface area contributed by atoms with Crippen molar-refractivity contribution in [2.45, 2.75) is 58.3 Å². The van der Waals surface area contributed by atoms with Crippen molar-refractivity contribution in [3.8, 4) is 0 Å². The first-order chi connectivity index (χ1) is 8.59. The van der Waals surface area contributed by atoms with E-state index in [4.69, 9.17) is 5.11 Å². The first kappa shape index (κ1) is 15.0. The van der Waals surface area contributed by atoms with E-state index < -0.39 is 5.97 Å². The van der Waals surface area contributed by atoms with Gasteiger partial charge in [0.05, 0.1) is 5.92 Å². The molecule has 0 spiro atoms. The summed E-state index contributed by atoms with van der Waals surface area (Å²) in [6.07, 6.45) is 8.21. The number of carbonyl (C=O) groups excluding carboxylic acids is 1. The van der Waals surface area contributed by atoms with Gasteiger partial charge in [-0.3, -0.25) is 9.59 Å². The molecule has 18 heavy (non-hydrogen) atoms. The summed E-state index contributed by atoms with van der Waals surface area (Å²) >= 11 is 0. The minimum absolute atomic E-state index is 0.130. The van der Waals surface area contributed by atoms with Gasteiger partial charge in [-0.15, -0.1) is 0 Å². The Labute approximate surface area is 109 Å². The van der Waals surface area contributed by atoms with Gasteiger partial charge >= 0.3 is 5.97 Å². The normalized spacial score (nSPS) is 18.3. The van der Waals surface area contributed by atoms with E-state index in [1.165, 1.54) is 32.1 Å². The van der Waals surface area contributed by atoms with Gasteiger partial charge in [0.15, 0.2) is 0 Å². The fraction of sp³-hybridized carbons (Fsp3) is 0.857. The maximum absolute atomic E-state index is 11.7. The van der Waals surface area contributed by atoms with E-state index in [1.54, 1.807) is 6.92 Å². The summed E-state index contributed by atoms with van der Waals surface area (Å²) in [4.78, 5) is 22.3. The summed E-state index contributed by atoms with van der Waals surface area (Å²) in [5.41, 5.74) is 0. The van der Waals surface area contributed by atoms with E-state index in [-0.39, 0.29) is 11.8 Å². The second-order valence-electron chi connectivity index (χ2n) is 5.44. The quantitative estimate of drug-likeness (QED) is 0.687. The van der Waals surface area contributed by atoms with Gasteiger partial charge in [0, 0.05) is 13.0 Å². The van der Waals surface area contributed by atoms with E-state index in [1.807, 2.05) is 0 Å². The summed E-state index contributed by atoms with van der Waals surface area (Å²) in [6, 6.07) is 0. The Bertz CT molecular complexity index is 272. The molecule has 4 heteroatoms. The van der Waals surface area contributed by atoms with Crippen LogP contribution in [0.4, 0.5) is 0 Å². The van der Waals surface area contributed by atoms with Crippen molar-refractivity contribution in [1.29, 1.82) is 0 Å². The van der Waals surface area contributed by atoms with Crippen molar-refractivity contribution >= 4 is 11.9 Å². The molecule has 0 aromatic carbocycles. The minimum atomic E-state index is -0.761. The van der Waals surface area contributed by atoms with Crippen LogP contribution < -0.4 is 5.32 Å². The van der Waals surface area contributed by atoms with E-state index in [0.29, 0.717) is 25.3 Å². The zero-order chi connectivity index (χ0) is 13.4. The average Bonchev–Trinajstić information content (AvgIpc) is 2.35. The zero-order valence-electron chi connectivity index (χ0n) is 11.3. The third-order valence-corrected chi connectivity index (χ3v) is 3.76. The van der Waals surface area contributed by atoms with Gasteiger partial charge in [0.2, 0.25) is 5.91 Å². The monoisotopic (exact) mass is 255 g/mol. The highest BCUT2D eigenvalue weighted by molar-refractivity contribution is 5.76. The number of nitrogens with one attached hydrogen (secondary N) is 1. The molecule has 1 amide bonds. The first-order valence-corrected chi connectivity index (χ1v) is 7.09. The molecule has 0 aromatic rings. The van der Waals surface area contributed by atoms with E-state index >= 15 is 0 Å². The third kappa shape index (κ3) is 6.03. The van der Waals surface area contributed by atoms with Crippen LogP contribution in [0.15, 0.2) is 0 Å². The Kier molecular flexibility index (Phi) is 6.76. The van der Waals surface area contributed by atoms with Gasteiger partial charge in [-0.25, -0.2) is 0 Å². The van der Waals surface area contributed by atoms with Gasteiger partial charge in [-0.05, 0) is 31.6 Å². The largest absolute Gasteiger partial charge is 0.481 e. The second kappa shape index (κ2) is 8.11. The van der Waals surface area contributed by atoms with Crippen molar-refractivity contribution in [3.63, 3.8) is 0 Å². The third-order valence-electron chi connectivity index (χ3n) is 3.76. The highest BCUT2D eigenvalue weighted by Crippen LogP contribution is 2.25. The molecule has 1 atom stereocenters. The zero-order valence-corrected chi connectivity index (χ0v) is 11.3. The molecule has 1 aliphatic carbocycles. The molecule has 2 N–H and O–H groups in total. The highest BCUT2D eigenvalue weighted by atomic mass is 16.4. The lowest BCUT2D eigenvalue weighted by atomic mass is 9.87. The van der Waals surface area contributed by atoms with Gasteiger partial charge in [-0.1, -0.05) is 26.2 Å². The molecule has 0 radical (unpaired) electrons. The summed E-state index contributed by atoms with van der Waals surface area (Å²) in [6.45, 7) is 2.30. The van der Waals surface area contributed by atoms with E-state index in [2.05, 4.69) is 5.32 Å². The fourth-order valence-electron chi connectivity index (χ4n) is 2.49. The Morgan fingerprint density at radius 1 is 1.28 bits per heavy atom. The van der Waals surface area contributed by atoms with Crippen LogP contribution >= 0.6 is 0 Å². The molecule has 1 rings (SSSR count). The molecule has 0 bridgehead atoms. The molecule has 0 saturated heterocycles. The molecule has 1 aliphatic rings. The number of rotatable bonds is 7. The Morgan fingerprint density at radius 2 is 1.94 bits per heavy atom. The molecule has 1 fully saturated rings. The lowest BCUT2D eigenvalue weighted by Crippen LogP contribution is -2.27. The molecule has 1 unspecified atom stereocenters. The van der Waals surface area contributed by atoms with Gasteiger partial charge in [0.1, 0.15) is 0 Å². The Hall–Kier alpha value is -1.06. The molecular weight excluding hydrogens is 230 g/mol. The predicted octanol–water partition coefficient (Wildman–Crippen LogP) is 2.57. The van der Waals surface area contributed by atoms with Crippen LogP contribution in [0.5, 0.6) is 0 Å². The smallest absolute Gasteiger partial charge is 0.306 e. The molecule has 4 nitrogen and oxygen atoms in total. The Balaban J connectivity index is 2.04. The number of carboxylic acids is 1. The lowest BCUT2D eigenvalue weighted by molar-refractivity contribution is -0.141. The molecule has 1 saturated carbocycles. The Morgan fingerprint density at radius 3 is 2.56 bits per heavy atom. The van der Waals surface area contributed by atoms with Crippen LogP contribution in [0.2, 0.25) is 0 Å². The van der Waals surface area contributed by atoms with Crippen LogP contribution in [0, 0.1) is 11.8 Å². The minimum Gasteiger partial charge on any atom is -0.481 e. The van der Waals surface area contributed by atoms with Crippen molar-refractivity contribution in [1.82, 2.24) is 5.32 Å². The van der Waals surface area contributed by atoms with Gasteiger partial charge in [0.25, 0.3) is 0 Å². The van der Waals surface area contributed by atoms with Crippen LogP contribution in [-0.2, 0) is 9.59 Å². The average molecular weight is 255 g/mol. The fourth-order valence-corrected chi connectivity index (χ4v) is 2.49. The summed E-state index contributed by atoms with van der Waals surface area (Å²) < 4.78 is 0. The topological polar surface area (TPSA) is 66.4 Å². The number of hydrogen-bond acceptors (Lipinski definition) is 2. The first-order valence-electron chi connectivity index (χ1n) is 7.09. The van der Waals surface area contributed by atoms with Crippen LogP contribution in [-0.4, -0.2) is 23.5 Å². The van der Waals surface area contributed by atoms with Crippen molar-refractivity contribution in [3.05, 3.63) is 0 Å². The predicted molar refractivity (Wildman–Crippen MR) is 70.2 cm³/mol. The molecule has 0 aliphatic heterocycles. The number of hydrogen-bond donors (Lipinski definition) is 2. The number of amides is 1. The van der Waals surface area contributed by atoms with E-state index in [0.717, 1.165) is 6.42 Å². The van der Waals surface area contributed by atoms with Crippen LogP contribution in [0.1, 0.15) is 58.3 Å². The van der Waals surface area contributed by atoms with Crippen LogP contribution in [0.3, 0.4) is 0 Å². The lowest BCUT2D eigenvalue weighted by Gasteiger charge is -2.20. The molecule has 0 heterocycles. The van der Waals surface area contributed by atoms with E-state index in [9.17, 15) is 9.59 Å². The second-order valence-corrected chi connectivity index (χ2v) is 5.44. The number of carbonyl (C=O) groups is 2. The maximum Gasteiger partial charge on any atom is 0.306 e. The summed E-state index contributed by atoms with van der Waals surface area (Å²) in [7, 11) is 0.